The van der Waals surface area contributed by atoms with Gasteiger partial charge in [0.1, 0.15) is 5.75 Å². The quantitative estimate of drug-likeness (QED) is 0.641. The van der Waals surface area contributed by atoms with E-state index in [9.17, 15) is 13.2 Å². The third-order valence-corrected chi connectivity index (χ3v) is 3.68. The normalized spacial score (nSPS) is 11.1. The molecule has 0 aliphatic carbocycles. The summed E-state index contributed by atoms with van der Waals surface area (Å²) >= 11 is 16.7. The minimum absolute atomic E-state index is 0.0197. The van der Waals surface area contributed by atoms with Gasteiger partial charge in [-0.2, -0.15) is 13.2 Å². The lowest BCUT2D eigenvalue weighted by molar-refractivity contribution is -0.136. The second-order valence-corrected chi connectivity index (χ2v) is 5.87. The van der Waals surface area contributed by atoms with Crippen LogP contribution in [-0.2, 0) is 6.18 Å². The summed E-state index contributed by atoms with van der Waals surface area (Å²) in [6.45, 7) is 0. The minimum atomic E-state index is -4.56. The lowest BCUT2D eigenvalue weighted by Gasteiger charge is -2.16. The molecular weight excluding hydrogens is 384 g/mol. The number of methoxy groups -OCH3 is 1. The molecule has 0 heterocycles. The van der Waals surface area contributed by atoms with Crippen LogP contribution >= 0.6 is 35.4 Å². The lowest BCUT2D eigenvalue weighted by atomic mass is 10.1. The highest BCUT2D eigenvalue weighted by molar-refractivity contribution is 7.80. The van der Waals surface area contributed by atoms with Crippen LogP contribution in [0.1, 0.15) is 5.56 Å². The fourth-order valence-corrected chi connectivity index (χ4v) is 2.55. The number of halogens is 5. The molecule has 0 aromatic heterocycles. The lowest BCUT2D eigenvalue weighted by Crippen LogP contribution is -2.21. The number of benzene rings is 2. The number of rotatable bonds is 3. The zero-order valence-electron chi connectivity index (χ0n) is 12.2. The van der Waals surface area contributed by atoms with E-state index in [0.29, 0.717) is 16.5 Å². The molecule has 0 aliphatic rings. The van der Waals surface area contributed by atoms with Crippen LogP contribution in [0.2, 0.25) is 10.0 Å². The van der Waals surface area contributed by atoms with Crippen molar-refractivity contribution in [3.63, 3.8) is 0 Å². The molecule has 0 fully saturated rings. The number of anilines is 2. The van der Waals surface area contributed by atoms with E-state index in [2.05, 4.69) is 10.6 Å². The van der Waals surface area contributed by atoms with E-state index in [1.807, 2.05) is 0 Å². The Labute approximate surface area is 151 Å². The second-order valence-electron chi connectivity index (χ2n) is 4.62. The Morgan fingerprint density at radius 3 is 2.38 bits per heavy atom. The van der Waals surface area contributed by atoms with E-state index in [0.717, 1.165) is 6.07 Å². The highest BCUT2D eigenvalue weighted by Gasteiger charge is 2.34. The maximum absolute atomic E-state index is 13.0. The van der Waals surface area contributed by atoms with Gasteiger partial charge in [0.05, 0.1) is 23.4 Å². The van der Waals surface area contributed by atoms with Gasteiger partial charge in [-0.1, -0.05) is 23.2 Å². The fraction of sp³-hybridized carbons (Fsp3) is 0.133. The van der Waals surface area contributed by atoms with E-state index in [-0.39, 0.29) is 15.8 Å². The zero-order chi connectivity index (χ0) is 17.9. The summed E-state index contributed by atoms with van der Waals surface area (Å²) in [7, 11) is 1.47. The van der Waals surface area contributed by atoms with Crippen LogP contribution in [0.15, 0.2) is 36.4 Å². The predicted octanol–water partition coefficient (Wildman–Crippen LogP) is 5.83. The summed E-state index contributed by atoms with van der Waals surface area (Å²) in [5.74, 6) is 0.471. The van der Waals surface area contributed by atoms with Crippen molar-refractivity contribution >= 4 is 51.9 Å². The monoisotopic (exact) mass is 394 g/mol. The smallest absolute Gasteiger partial charge is 0.418 e. The van der Waals surface area contributed by atoms with Gasteiger partial charge in [0.2, 0.25) is 0 Å². The van der Waals surface area contributed by atoms with Gasteiger partial charge in [-0.25, -0.2) is 0 Å². The summed E-state index contributed by atoms with van der Waals surface area (Å²) in [4.78, 5) is 0. The highest BCUT2D eigenvalue weighted by atomic mass is 35.5. The van der Waals surface area contributed by atoms with Gasteiger partial charge in [0, 0.05) is 10.7 Å². The molecule has 2 aromatic carbocycles. The number of hydrogen-bond acceptors (Lipinski definition) is 2. The molecule has 2 rings (SSSR count). The van der Waals surface area contributed by atoms with Gasteiger partial charge < -0.3 is 15.4 Å². The summed E-state index contributed by atoms with van der Waals surface area (Å²) in [5, 5.41) is 5.56. The van der Waals surface area contributed by atoms with Crippen LogP contribution in [0.5, 0.6) is 5.75 Å². The van der Waals surface area contributed by atoms with Gasteiger partial charge in [-0.3, -0.25) is 0 Å². The summed E-state index contributed by atoms with van der Waals surface area (Å²) in [6, 6.07) is 8.16. The van der Waals surface area contributed by atoms with Gasteiger partial charge in [-0.05, 0) is 48.6 Å². The molecule has 0 aliphatic heterocycles. The van der Waals surface area contributed by atoms with E-state index < -0.39 is 11.7 Å². The topological polar surface area (TPSA) is 33.3 Å². The second kappa shape index (κ2) is 7.46. The van der Waals surface area contributed by atoms with Crippen molar-refractivity contribution in [2.45, 2.75) is 6.18 Å². The molecule has 0 atom stereocenters. The van der Waals surface area contributed by atoms with Crippen molar-refractivity contribution < 1.29 is 17.9 Å². The summed E-state index contributed by atoms with van der Waals surface area (Å²) < 4.78 is 44.2. The largest absolute Gasteiger partial charge is 0.495 e. The Morgan fingerprint density at radius 2 is 1.79 bits per heavy atom. The van der Waals surface area contributed by atoms with E-state index in [1.165, 1.54) is 19.2 Å². The van der Waals surface area contributed by atoms with Crippen LogP contribution in [0.25, 0.3) is 0 Å². The van der Waals surface area contributed by atoms with Gasteiger partial charge in [-0.15, -0.1) is 0 Å². The first-order valence-corrected chi connectivity index (χ1v) is 7.65. The summed E-state index contributed by atoms with van der Waals surface area (Å²) in [5.41, 5.74) is -0.614. The molecule has 0 saturated carbocycles. The Kier molecular flexibility index (Phi) is 5.79. The highest BCUT2D eigenvalue weighted by Crippen LogP contribution is 2.36. The molecule has 0 saturated heterocycles. The molecule has 9 heteroatoms. The van der Waals surface area contributed by atoms with Crippen LogP contribution in [0.3, 0.4) is 0 Å². The third kappa shape index (κ3) is 4.66. The third-order valence-electron chi connectivity index (χ3n) is 2.94. The van der Waals surface area contributed by atoms with Crippen molar-refractivity contribution in [3.05, 3.63) is 52.0 Å². The van der Waals surface area contributed by atoms with Gasteiger partial charge in [0.15, 0.2) is 5.11 Å². The van der Waals surface area contributed by atoms with Crippen molar-refractivity contribution in [1.29, 1.82) is 0 Å². The maximum Gasteiger partial charge on any atom is 0.418 e. The van der Waals surface area contributed by atoms with E-state index in [4.69, 9.17) is 40.2 Å². The Bertz CT molecular complexity index is 769. The molecule has 0 radical (unpaired) electrons. The minimum Gasteiger partial charge on any atom is -0.495 e. The summed E-state index contributed by atoms with van der Waals surface area (Å²) in [6.07, 6.45) is -4.56. The van der Waals surface area contributed by atoms with Crippen molar-refractivity contribution in [3.8, 4) is 5.75 Å². The molecule has 24 heavy (non-hydrogen) atoms. The predicted molar refractivity (Wildman–Crippen MR) is 94.3 cm³/mol. The molecule has 0 amide bonds. The van der Waals surface area contributed by atoms with Gasteiger partial charge in [0.25, 0.3) is 0 Å². The zero-order valence-corrected chi connectivity index (χ0v) is 14.5. The first kappa shape index (κ1) is 18.6. The molecule has 3 nitrogen and oxygen atoms in total. The molecule has 0 spiro atoms. The number of hydrogen-bond donors (Lipinski definition) is 2. The number of thiocarbonyl (C=S) groups is 1. The first-order valence-electron chi connectivity index (χ1n) is 6.49. The molecular formula is C15H11Cl2F3N2OS. The van der Waals surface area contributed by atoms with Crippen molar-refractivity contribution in [2.24, 2.45) is 0 Å². The number of nitrogens with one attached hydrogen (secondary N) is 2. The average Bonchev–Trinajstić information content (AvgIpc) is 2.48. The molecule has 2 N–H and O–H groups in total. The molecule has 128 valence electrons. The Morgan fingerprint density at radius 1 is 1.08 bits per heavy atom. The van der Waals surface area contributed by atoms with Gasteiger partial charge >= 0.3 is 6.18 Å². The number of alkyl halides is 3. The standard InChI is InChI=1S/C15H11Cl2F3N2OS/c1-23-13-5-3-9(7-11(13)17)21-14(24)22-12-4-2-8(16)6-10(12)15(18,19)20/h2-7H,1H3,(H2,21,22,24). The van der Waals surface area contributed by atoms with Crippen molar-refractivity contribution in [1.82, 2.24) is 0 Å². The molecule has 0 bridgehead atoms. The van der Waals surface area contributed by atoms with Crippen LogP contribution in [-0.4, -0.2) is 12.2 Å². The molecule has 0 unspecified atom stereocenters. The van der Waals surface area contributed by atoms with Crippen LogP contribution in [0.4, 0.5) is 24.5 Å². The Hall–Kier alpha value is -1.70. The SMILES string of the molecule is COc1ccc(NC(=S)Nc2ccc(Cl)cc2C(F)(F)F)cc1Cl. The molecule has 2 aromatic rings. The van der Waals surface area contributed by atoms with Crippen molar-refractivity contribution in [2.75, 3.05) is 17.7 Å². The van der Waals surface area contributed by atoms with E-state index >= 15 is 0 Å². The number of ether oxygens (including phenoxy) is 1. The fourth-order valence-electron chi connectivity index (χ4n) is 1.89. The van der Waals surface area contributed by atoms with Crippen LogP contribution in [0, 0.1) is 0 Å². The van der Waals surface area contributed by atoms with Crippen LogP contribution < -0.4 is 15.4 Å². The first-order chi connectivity index (χ1) is 11.2. The Balaban J connectivity index is 2.17. The maximum atomic E-state index is 13.0. The van der Waals surface area contributed by atoms with E-state index in [1.54, 1.807) is 18.2 Å². The average molecular weight is 395 g/mol.